The van der Waals surface area contributed by atoms with Gasteiger partial charge in [-0.2, -0.15) is 0 Å². The molecule has 0 bridgehead atoms. The summed E-state index contributed by atoms with van der Waals surface area (Å²) >= 11 is 0. The number of hydrogen-bond acceptors (Lipinski definition) is 3. The molecule has 4 nitrogen and oxygen atoms in total. The summed E-state index contributed by atoms with van der Waals surface area (Å²) in [6, 6.07) is 11.2. The Labute approximate surface area is 167 Å². The number of carbonyl (C=O) groups excluding carboxylic acids is 2. The number of aryl methyl sites for hydroxylation is 2. The molecule has 0 aliphatic carbocycles. The van der Waals surface area contributed by atoms with Crippen molar-refractivity contribution >= 4 is 17.4 Å². The molecule has 1 aliphatic rings. The second-order valence-corrected chi connectivity index (χ2v) is 8.76. The van der Waals surface area contributed by atoms with Crippen LogP contribution in [-0.2, 0) is 15.8 Å². The summed E-state index contributed by atoms with van der Waals surface area (Å²) in [6.07, 6.45) is -0.254. The average Bonchev–Trinajstić information content (AvgIpc) is 2.81. The molecule has 148 valence electrons. The summed E-state index contributed by atoms with van der Waals surface area (Å²) in [4.78, 5) is 27.7. The van der Waals surface area contributed by atoms with Crippen LogP contribution < -0.4 is 4.90 Å². The summed E-state index contributed by atoms with van der Waals surface area (Å²) in [5.41, 5.74) is 2.88. The topological polar surface area (TPSA) is 57.6 Å². The number of likely N-dealkylation sites (N-methyl/N-ethyl adjacent to an activating group) is 1. The number of ketones is 1. The van der Waals surface area contributed by atoms with E-state index in [1.807, 2.05) is 45.0 Å². The minimum atomic E-state index is -1.81. The zero-order valence-electron chi connectivity index (χ0n) is 17.6. The highest BCUT2D eigenvalue weighted by Gasteiger charge is 2.50. The number of Topliss-reactive ketones (excluding diaryl/α,β-unsaturated/α-hetero) is 1. The van der Waals surface area contributed by atoms with Crippen LogP contribution in [0.5, 0.6) is 0 Å². The number of carbonyl (C=O) groups is 2. The van der Waals surface area contributed by atoms with Gasteiger partial charge in [0.2, 0.25) is 0 Å². The van der Waals surface area contributed by atoms with Gasteiger partial charge < -0.3 is 10.0 Å². The lowest BCUT2D eigenvalue weighted by Crippen LogP contribution is -2.41. The molecule has 28 heavy (non-hydrogen) atoms. The molecule has 1 aliphatic heterocycles. The molecule has 0 spiro atoms. The lowest BCUT2D eigenvalue weighted by molar-refractivity contribution is -0.135. The van der Waals surface area contributed by atoms with Crippen molar-refractivity contribution < 1.29 is 14.7 Å². The predicted molar refractivity (Wildman–Crippen MR) is 112 cm³/mol. The Hall–Kier alpha value is -2.46. The number of benzene rings is 2. The maximum Gasteiger partial charge on any atom is 0.264 e. The third kappa shape index (κ3) is 3.16. The fourth-order valence-electron chi connectivity index (χ4n) is 4.15. The van der Waals surface area contributed by atoms with Crippen molar-refractivity contribution in [2.75, 3.05) is 11.4 Å². The van der Waals surface area contributed by atoms with E-state index in [2.05, 4.69) is 20.8 Å². The van der Waals surface area contributed by atoms with Crippen LogP contribution in [0, 0.1) is 13.8 Å². The molecule has 3 rings (SSSR count). The number of fused-ring (bicyclic) bond motifs is 1. The number of para-hydroxylation sites is 1. The van der Waals surface area contributed by atoms with Crippen molar-refractivity contribution in [2.45, 2.75) is 59.0 Å². The Kier molecular flexibility index (Phi) is 4.96. The van der Waals surface area contributed by atoms with Gasteiger partial charge in [0.15, 0.2) is 11.4 Å². The van der Waals surface area contributed by atoms with Crippen LogP contribution in [0.4, 0.5) is 5.69 Å². The van der Waals surface area contributed by atoms with E-state index in [-0.39, 0.29) is 17.6 Å². The molecule has 0 radical (unpaired) electrons. The van der Waals surface area contributed by atoms with E-state index in [0.29, 0.717) is 23.4 Å². The van der Waals surface area contributed by atoms with Gasteiger partial charge in [-0.25, -0.2) is 0 Å². The molecular weight excluding hydrogens is 350 g/mol. The van der Waals surface area contributed by atoms with Gasteiger partial charge in [0.25, 0.3) is 5.91 Å². The van der Waals surface area contributed by atoms with Gasteiger partial charge >= 0.3 is 0 Å². The number of nitrogens with zero attached hydrogens (tertiary/aromatic N) is 1. The lowest BCUT2D eigenvalue weighted by atomic mass is 9.81. The molecule has 2 aromatic carbocycles. The van der Waals surface area contributed by atoms with Crippen LogP contribution in [0.25, 0.3) is 0 Å². The molecule has 2 aromatic rings. The second kappa shape index (κ2) is 6.85. The molecular formula is C24H29NO3. The molecule has 0 saturated carbocycles. The largest absolute Gasteiger partial charge is 0.375 e. The zero-order chi connectivity index (χ0) is 20.9. The highest BCUT2D eigenvalue weighted by Crippen LogP contribution is 2.43. The highest BCUT2D eigenvalue weighted by atomic mass is 16.3. The average molecular weight is 380 g/mol. The summed E-state index contributed by atoms with van der Waals surface area (Å²) < 4.78 is 0. The van der Waals surface area contributed by atoms with E-state index < -0.39 is 11.5 Å². The molecule has 1 N–H and O–H groups in total. The maximum absolute atomic E-state index is 13.2. The van der Waals surface area contributed by atoms with Crippen molar-refractivity contribution in [3.05, 3.63) is 64.2 Å². The van der Waals surface area contributed by atoms with Crippen LogP contribution in [-0.4, -0.2) is 23.3 Å². The van der Waals surface area contributed by atoms with Crippen molar-refractivity contribution in [1.82, 2.24) is 0 Å². The van der Waals surface area contributed by atoms with E-state index in [1.165, 1.54) is 0 Å². The quantitative estimate of drug-likeness (QED) is 0.800. The first-order valence-corrected chi connectivity index (χ1v) is 9.79. The van der Waals surface area contributed by atoms with Gasteiger partial charge in [-0.15, -0.1) is 0 Å². The first-order chi connectivity index (χ1) is 13.0. The zero-order valence-corrected chi connectivity index (χ0v) is 17.6. The molecule has 0 fully saturated rings. The van der Waals surface area contributed by atoms with E-state index in [0.717, 1.165) is 16.7 Å². The number of anilines is 1. The first kappa shape index (κ1) is 20.3. The smallest absolute Gasteiger partial charge is 0.264 e. The van der Waals surface area contributed by atoms with Crippen LogP contribution in [0.2, 0.25) is 0 Å². The summed E-state index contributed by atoms with van der Waals surface area (Å²) in [5.74, 6) is -0.634. The van der Waals surface area contributed by atoms with E-state index in [9.17, 15) is 14.7 Å². The Morgan fingerprint density at radius 3 is 2.21 bits per heavy atom. The molecule has 4 heteroatoms. The van der Waals surface area contributed by atoms with Crippen molar-refractivity contribution in [3.63, 3.8) is 0 Å². The van der Waals surface area contributed by atoms with Gasteiger partial charge in [-0.1, -0.05) is 51.1 Å². The summed E-state index contributed by atoms with van der Waals surface area (Å²) in [6.45, 7) is 12.6. The molecule has 1 atom stereocenters. The summed E-state index contributed by atoms with van der Waals surface area (Å²) in [5, 5.41) is 11.3. The van der Waals surface area contributed by atoms with E-state index >= 15 is 0 Å². The van der Waals surface area contributed by atoms with E-state index in [1.54, 1.807) is 17.0 Å². The van der Waals surface area contributed by atoms with Gasteiger partial charge in [0, 0.05) is 17.7 Å². The Bertz CT molecular complexity index is 932. The second-order valence-electron chi connectivity index (χ2n) is 8.76. The lowest BCUT2D eigenvalue weighted by Gasteiger charge is -2.24. The number of amides is 1. The van der Waals surface area contributed by atoms with Crippen LogP contribution in [0.1, 0.15) is 66.7 Å². The van der Waals surface area contributed by atoms with Gasteiger partial charge in [-0.3, -0.25) is 9.59 Å². The van der Waals surface area contributed by atoms with Gasteiger partial charge in [-0.05, 0) is 48.9 Å². The number of aliphatic hydroxyl groups is 1. The Morgan fingerprint density at radius 1 is 1.11 bits per heavy atom. The molecule has 0 unspecified atom stereocenters. The minimum absolute atomic E-state index is 0.0166. The Balaban J connectivity index is 2.01. The standard InChI is InChI=1S/C24H29NO3/c1-7-25-19-11-9-8-10-18(19)24(28,22(25)27)14-20(26)21-15(2)12-17(13-16(21)3)23(4,5)6/h8-13,28H,7,14H2,1-6H3/t24-/m0/s1. The third-order valence-corrected chi connectivity index (χ3v) is 5.65. The maximum atomic E-state index is 13.2. The van der Waals surface area contributed by atoms with Gasteiger partial charge in [0.1, 0.15) is 0 Å². The minimum Gasteiger partial charge on any atom is -0.375 e. The molecule has 0 saturated heterocycles. The normalized spacial score (nSPS) is 19.1. The fraction of sp³-hybridized carbons (Fsp3) is 0.417. The predicted octanol–water partition coefficient (Wildman–Crippen LogP) is 4.43. The molecule has 1 heterocycles. The fourth-order valence-corrected chi connectivity index (χ4v) is 4.15. The van der Waals surface area contributed by atoms with Crippen molar-refractivity contribution in [3.8, 4) is 0 Å². The highest BCUT2D eigenvalue weighted by molar-refractivity contribution is 6.11. The van der Waals surface area contributed by atoms with Crippen LogP contribution in [0.3, 0.4) is 0 Å². The van der Waals surface area contributed by atoms with Crippen molar-refractivity contribution in [1.29, 1.82) is 0 Å². The van der Waals surface area contributed by atoms with Crippen molar-refractivity contribution in [2.24, 2.45) is 0 Å². The van der Waals surface area contributed by atoms with E-state index in [4.69, 9.17) is 0 Å². The third-order valence-electron chi connectivity index (χ3n) is 5.65. The molecule has 0 aromatic heterocycles. The molecule has 1 amide bonds. The SMILES string of the molecule is CCN1C(=O)[C@](O)(CC(=O)c2c(C)cc(C(C)(C)C)cc2C)c2ccccc21. The van der Waals surface area contributed by atoms with Gasteiger partial charge in [0.05, 0.1) is 12.1 Å². The van der Waals surface area contributed by atoms with Crippen LogP contribution >= 0.6 is 0 Å². The number of rotatable bonds is 4. The summed E-state index contributed by atoms with van der Waals surface area (Å²) in [7, 11) is 0. The Morgan fingerprint density at radius 2 is 1.68 bits per heavy atom. The first-order valence-electron chi connectivity index (χ1n) is 9.79. The number of hydrogen-bond donors (Lipinski definition) is 1. The van der Waals surface area contributed by atoms with Crippen LogP contribution in [0.15, 0.2) is 36.4 Å². The monoisotopic (exact) mass is 379 g/mol.